The summed E-state index contributed by atoms with van der Waals surface area (Å²) in [6.45, 7) is 2.18. The molecule has 0 radical (unpaired) electrons. The minimum absolute atomic E-state index is 0.866. The van der Waals surface area contributed by atoms with Crippen LogP contribution in [0.2, 0.25) is 0 Å². The first kappa shape index (κ1) is 18.8. The van der Waals surface area contributed by atoms with Crippen molar-refractivity contribution in [1.82, 2.24) is 4.98 Å². The molecule has 144 valence electrons. The molecule has 0 unspecified atom stereocenters. The molecule has 0 aliphatic heterocycles. The average molecular weight is 380 g/mol. The molecule has 0 atom stereocenters. The number of H-pyrrole nitrogens is 1. The maximum atomic E-state index is 5.24. The van der Waals surface area contributed by atoms with Gasteiger partial charge in [-0.1, -0.05) is 79.7 Å². The maximum Gasteiger partial charge on any atom is 0.118 e. The predicted octanol–water partition coefficient (Wildman–Crippen LogP) is 7.08. The number of fused-ring (bicyclic) bond motifs is 1. The number of aromatic amines is 1. The Morgan fingerprint density at radius 2 is 1.41 bits per heavy atom. The summed E-state index contributed by atoms with van der Waals surface area (Å²) in [5.41, 5.74) is 7.14. The Hall–Kier alpha value is -3.52. The van der Waals surface area contributed by atoms with Gasteiger partial charge in [0.2, 0.25) is 0 Å². The molecule has 1 heterocycles. The standard InChI is InChI=1S/C27H25NO/c1-3-20-8-10-21(11-9-20)14-18-25-24-6-4-5-7-26(24)28-27(25)19-15-22-12-16-23(29-2)17-13-22/h4-19,28H,3H2,1-2H3/b18-14+,19-15+. The van der Waals surface area contributed by atoms with Crippen molar-refractivity contribution in [3.05, 3.63) is 101 Å². The Balaban J connectivity index is 1.67. The third-order valence-corrected chi connectivity index (χ3v) is 5.17. The van der Waals surface area contributed by atoms with Gasteiger partial charge in [0.1, 0.15) is 5.75 Å². The van der Waals surface area contributed by atoms with Crippen LogP contribution in [0.15, 0.2) is 72.8 Å². The molecular weight excluding hydrogens is 354 g/mol. The molecule has 29 heavy (non-hydrogen) atoms. The van der Waals surface area contributed by atoms with Gasteiger partial charge < -0.3 is 9.72 Å². The average Bonchev–Trinajstić information content (AvgIpc) is 3.14. The lowest BCUT2D eigenvalue weighted by Gasteiger charge is -2.00. The Kier molecular flexibility index (Phi) is 5.62. The van der Waals surface area contributed by atoms with Crippen LogP contribution in [0.5, 0.6) is 5.75 Å². The Morgan fingerprint density at radius 3 is 2.10 bits per heavy atom. The van der Waals surface area contributed by atoms with Crippen LogP contribution in [0.3, 0.4) is 0 Å². The molecule has 4 rings (SSSR count). The van der Waals surface area contributed by atoms with Gasteiger partial charge in [-0.2, -0.15) is 0 Å². The summed E-state index contributed by atoms with van der Waals surface area (Å²) in [6, 6.07) is 25.2. The lowest BCUT2D eigenvalue weighted by molar-refractivity contribution is 0.415. The summed E-state index contributed by atoms with van der Waals surface area (Å²) in [6.07, 6.45) is 9.71. The second-order valence-corrected chi connectivity index (χ2v) is 7.03. The second kappa shape index (κ2) is 8.66. The van der Waals surface area contributed by atoms with Crippen LogP contribution in [0.25, 0.3) is 35.2 Å². The van der Waals surface area contributed by atoms with Crippen molar-refractivity contribution in [2.75, 3.05) is 7.11 Å². The van der Waals surface area contributed by atoms with E-state index < -0.39 is 0 Å². The first-order valence-electron chi connectivity index (χ1n) is 9.96. The number of nitrogens with one attached hydrogen (secondary N) is 1. The number of ether oxygens (including phenoxy) is 1. The van der Waals surface area contributed by atoms with Crippen LogP contribution in [0.1, 0.15) is 34.9 Å². The van der Waals surface area contributed by atoms with E-state index in [1.165, 1.54) is 22.1 Å². The smallest absolute Gasteiger partial charge is 0.118 e. The van der Waals surface area contributed by atoms with Gasteiger partial charge in [0.25, 0.3) is 0 Å². The van der Waals surface area contributed by atoms with Gasteiger partial charge in [-0.3, -0.25) is 0 Å². The van der Waals surface area contributed by atoms with Crippen LogP contribution in [0.4, 0.5) is 0 Å². The van der Waals surface area contributed by atoms with Crippen LogP contribution in [-0.4, -0.2) is 12.1 Å². The summed E-state index contributed by atoms with van der Waals surface area (Å²) in [7, 11) is 1.68. The maximum absolute atomic E-state index is 5.24. The van der Waals surface area contributed by atoms with Crippen molar-refractivity contribution in [1.29, 1.82) is 0 Å². The van der Waals surface area contributed by atoms with Crippen molar-refractivity contribution in [3.8, 4) is 5.75 Å². The number of aromatic nitrogens is 1. The topological polar surface area (TPSA) is 25.0 Å². The van der Waals surface area contributed by atoms with Gasteiger partial charge >= 0.3 is 0 Å². The molecule has 0 aliphatic carbocycles. The van der Waals surface area contributed by atoms with E-state index in [-0.39, 0.29) is 0 Å². The minimum atomic E-state index is 0.866. The number of rotatable bonds is 6. The lowest BCUT2D eigenvalue weighted by Crippen LogP contribution is -1.82. The quantitative estimate of drug-likeness (QED) is 0.380. The molecule has 0 aliphatic rings. The Morgan fingerprint density at radius 1 is 0.759 bits per heavy atom. The highest BCUT2D eigenvalue weighted by Gasteiger charge is 2.06. The van der Waals surface area contributed by atoms with E-state index in [1.807, 2.05) is 12.1 Å². The molecule has 1 N–H and O–H groups in total. The largest absolute Gasteiger partial charge is 0.497 e. The van der Waals surface area contributed by atoms with Crippen molar-refractivity contribution < 1.29 is 4.74 Å². The van der Waals surface area contributed by atoms with Crippen LogP contribution >= 0.6 is 0 Å². The number of methoxy groups -OCH3 is 1. The number of hydrogen-bond acceptors (Lipinski definition) is 1. The first-order valence-corrected chi connectivity index (χ1v) is 9.96. The van der Waals surface area contributed by atoms with Crippen molar-refractivity contribution >= 4 is 35.2 Å². The zero-order valence-corrected chi connectivity index (χ0v) is 16.9. The number of benzene rings is 3. The van der Waals surface area contributed by atoms with Gasteiger partial charge in [0.05, 0.1) is 7.11 Å². The van der Waals surface area contributed by atoms with Crippen LogP contribution in [0, 0.1) is 0 Å². The minimum Gasteiger partial charge on any atom is -0.497 e. The number of hydrogen-bond donors (Lipinski definition) is 1. The molecule has 3 aromatic carbocycles. The van der Waals surface area contributed by atoms with E-state index >= 15 is 0 Å². The molecule has 0 saturated carbocycles. The molecule has 2 heteroatoms. The highest BCUT2D eigenvalue weighted by Crippen LogP contribution is 2.26. The van der Waals surface area contributed by atoms with Crippen molar-refractivity contribution in [2.24, 2.45) is 0 Å². The zero-order chi connectivity index (χ0) is 20.1. The van der Waals surface area contributed by atoms with E-state index in [1.54, 1.807) is 7.11 Å². The molecular formula is C27H25NO. The lowest BCUT2D eigenvalue weighted by atomic mass is 10.1. The molecule has 2 nitrogen and oxygen atoms in total. The third-order valence-electron chi connectivity index (χ3n) is 5.17. The highest BCUT2D eigenvalue weighted by molar-refractivity contribution is 5.96. The summed E-state index contributed by atoms with van der Waals surface area (Å²) in [5, 5.41) is 1.23. The summed E-state index contributed by atoms with van der Waals surface area (Å²) >= 11 is 0. The number of aryl methyl sites for hydroxylation is 1. The number of para-hydroxylation sites is 1. The second-order valence-electron chi connectivity index (χ2n) is 7.03. The fourth-order valence-electron chi connectivity index (χ4n) is 3.43. The fourth-order valence-corrected chi connectivity index (χ4v) is 3.43. The first-order chi connectivity index (χ1) is 14.3. The van der Waals surface area contributed by atoms with Gasteiger partial charge in [-0.05, 0) is 47.4 Å². The molecule has 1 aromatic heterocycles. The van der Waals surface area contributed by atoms with Gasteiger partial charge in [0, 0.05) is 22.2 Å². The summed E-state index contributed by atoms with van der Waals surface area (Å²) < 4.78 is 5.24. The Bertz CT molecular complexity index is 1150. The normalized spacial score (nSPS) is 11.7. The third kappa shape index (κ3) is 4.33. The van der Waals surface area contributed by atoms with Gasteiger partial charge in [-0.25, -0.2) is 0 Å². The molecule has 0 bridgehead atoms. The van der Waals surface area contributed by atoms with Crippen molar-refractivity contribution in [3.63, 3.8) is 0 Å². The summed E-state index contributed by atoms with van der Waals surface area (Å²) in [5.74, 6) is 0.866. The van der Waals surface area contributed by atoms with Crippen LogP contribution < -0.4 is 4.74 Å². The van der Waals surface area contributed by atoms with Crippen LogP contribution in [-0.2, 0) is 6.42 Å². The van der Waals surface area contributed by atoms with Gasteiger partial charge in [-0.15, -0.1) is 0 Å². The molecule has 0 spiro atoms. The molecule has 0 saturated heterocycles. The van der Waals surface area contributed by atoms with E-state index in [0.717, 1.165) is 28.9 Å². The Labute approximate surface area is 172 Å². The fraction of sp³-hybridized carbons (Fsp3) is 0.111. The van der Waals surface area contributed by atoms with Crippen molar-refractivity contribution in [2.45, 2.75) is 13.3 Å². The van der Waals surface area contributed by atoms with E-state index in [2.05, 4.69) is 96.9 Å². The van der Waals surface area contributed by atoms with Gasteiger partial charge in [0.15, 0.2) is 0 Å². The molecule has 0 amide bonds. The zero-order valence-electron chi connectivity index (χ0n) is 16.9. The monoisotopic (exact) mass is 379 g/mol. The van der Waals surface area contributed by atoms with E-state index in [0.29, 0.717) is 0 Å². The SMILES string of the molecule is CCc1ccc(/C=C/c2c(/C=C/c3ccc(OC)cc3)[nH]c3ccccc23)cc1. The molecule has 0 fully saturated rings. The predicted molar refractivity (Wildman–Crippen MR) is 125 cm³/mol. The van der Waals surface area contributed by atoms with E-state index in [9.17, 15) is 0 Å². The summed E-state index contributed by atoms with van der Waals surface area (Å²) in [4.78, 5) is 3.55. The molecule has 4 aromatic rings. The highest BCUT2D eigenvalue weighted by atomic mass is 16.5. The van der Waals surface area contributed by atoms with E-state index in [4.69, 9.17) is 4.74 Å².